The number of aliphatic hydroxyl groups is 1. The van der Waals surface area contributed by atoms with Crippen LogP contribution in [0, 0.1) is 6.92 Å². The molecule has 2 heterocycles. The Labute approximate surface area is 118 Å². The maximum Gasteiger partial charge on any atom is 0.163 e. The molecule has 1 aliphatic carbocycles. The molecule has 0 amide bonds. The molecule has 2 aromatic rings. The fourth-order valence-electron chi connectivity index (χ4n) is 2.86. The fraction of sp³-hybridized carbons (Fsp3) is 0.643. The molecule has 0 aliphatic heterocycles. The van der Waals surface area contributed by atoms with Gasteiger partial charge in [-0.3, -0.25) is 0 Å². The van der Waals surface area contributed by atoms with E-state index in [1.807, 2.05) is 11.6 Å². The van der Waals surface area contributed by atoms with E-state index in [0.29, 0.717) is 0 Å². The minimum absolute atomic E-state index is 0.0424. The number of fused-ring (bicyclic) bond motifs is 1. The van der Waals surface area contributed by atoms with Crippen molar-refractivity contribution in [2.24, 2.45) is 0 Å². The first-order chi connectivity index (χ1) is 9.70. The van der Waals surface area contributed by atoms with Crippen LogP contribution in [0.4, 0.5) is 5.82 Å². The van der Waals surface area contributed by atoms with Crippen LogP contribution in [0.5, 0.6) is 0 Å². The van der Waals surface area contributed by atoms with Gasteiger partial charge in [0.05, 0.1) is 23.7 Å². The van der Waals surface area contributed by atoms with Crippen LogP contribution in [0.3, 0.4) is 0 Å². The molecule has 108 valence electrons. The van der Waals surface area contributed by atoms with Crippen LogP contribution in [-0.4, -0.2) is 37.5 Å². The molecule has 2 aromatic heterocycles. The lowest BCUT2D eigenvalue weighted by molar-refractivity contribution is 0.132. The standard InChI is InChI=1S/C14H21N5O/c1-3-7-15-13-10-8-16-19(11-5-4-6-12(11)20)14(10)18-9(2)17-13/h8,11-12,20H,3-7H2,1-2H3,(H,15,17,18). The fourth-order valence-corrected chi connectivity index (χ4v) is 2.86. The molecule has 3 rings (SSSR count). The number of hydrogen-bond donors (Lipinski definition) is 2. The van der Waals surface area contributed by atoms with Gasteiger partial charge in [0.15, 0.2) is 5.65 Å². The third-order valence-corrected chi connectivity index (χ3v) is 3.87. The van der Waals surface area contributed by atoms with Crippen LogP contribution in [-0.2, 0) is 0 Å². The van der Waals surface area contributed by atoms with Crippen molar-refractivity contribution in [3.8, 4) is 0 Å². The molecule has 2 atom stereocenters. The highest BCUT2D eigenvalue weighted by atomic mass is 16.3. The second-order valence-corrected chi connectivity index (χ2v) is 5.44. The molecule has 0 spiro atoms. The molecule has 1 aliphatic rings. The van der Waals surface area contributed by atoms with E-state index >= 15 is 0 Å². The molecular weight excluding hydrogens is 254 g/mol. The van der Waals surface area contributed by atoms with Gasteiger partial charge in [0.1, 0.15) is 11.6 Å². The molecule has 6 heteroatoms. The Hall–Kier alpha value is -1.69. The van der Waals surface area contributed by atoms with Gasteiger partial charge in [0.2, 0.25) is 0 Å². The summed E-state index contributed by atoms with van der Waals surface area (Å²) in [6, 6.07) is 0.0424. The predicted molar refractivity (Wildman–Crippen MR) is 77.7 cm³/mol. The lowest BCUT2D eigenvalue weighted by Crippen LogP contribution is -2.19. The second-order valence-electron chi connectivity index (χ2n) is 5.44. The molecule has 2 unspecified atom stereocenters. The van der Waals surface area contributed by atoms with Crippen LogP contribution < -0.4 is 5.32 Å². The normalized spacial score (nSPS) is 22.6. The average molecular weight is 275 g/mol. The molecule has 20 heavy (non-hydrogen) atoms. The Kier molecular flexibility index (Phi) is 3.56. The highest BCUT2D eigenvalue weighted by Crippen LogP contribution is 2.32. The zero-order chi connectivity index (χ0) is 14.1. The first kappa shape index (κ1) is 13.3. The maximum absolute atomic E-state index is 10.1. The monoisotopic (exact) mass is 275 g/mol. The van der Waals surface area contributed by atoms with Gasteiger partial charge in [-0.2, -0.15) is 5.10 Å². The van der Waals surface area contributed by atoms with Crippen molar-refractivity contribution < 1.29 is 5.11 Å². The van der Waals surface area contributed by atoms with Gasteiger partial charge in [-0.15, -0.1) is 0 Å². The summed E-state index contributed by atoms with van der Waals surface area (Å²) in [5, 5.41) is 18.8. The summed E-state index contributed by atoms with van der Waals surface area (Å²) < 4.78 is 1.87. The first-order valence-electron chi connectivity index (χ1n) is 7.34. The van der Waals surface area contributed by atoms with Crippen molar-refractivity contribution in [3.05, 3.63) is 12.0 Å². The minimum Gasteiger partial charge on any atom is -0.391 e. The van der Waals surface area contributed by atoms with E-state index < -0.39 is 0 Å². The van der Waals surface area contributed by atoms with Gasteiger partial charge in [-0.1, -0.05) is 6.92 Å². The van der Waals surface area contributed by atoms with E-state index in [1.54, 1.807) is 6.20 Å². The van der Waals surface area contributed by atoms with Gasteiger partial charge in [0, 0.05) is 6.54 Å². The molecule has 2 N–H and O–H groups in total. The number of nitrogens with zero attached hydrogens (tertiary/aromatic N) is 4. The number of rotatable bonds is 4. The van der Waals surface area contributed by atoms with Crippen molar-refractivity contribution in [1.29, 1.82) is 0 Å². The van der Waals surface area contributed by atoms with E-state index in [4.69, 9.17) is 0 Å². The van der Waals surface area contributed by atoms with E-state index in [2.05, 4.69) is 27.3 Å². The third kappa shape index (κ3) is 2.24. The SMILES string of the molecule is CCCNc1nc(C)nc2c1cnn2C1CCCC1O. The summed E-state index contributed by atoms with van der Waals surface area (Å²) in [6.45, 7) is 4.89. The van der Waals surface area contributed by atoms with Crippen LogP contribution >= 0.6 is 0 Å². The quantitative estimate of drug-likeness (QED) is 0.893. The van der Waals surface area contributed by atoms with Gasteiger partial charge in [0.25, 0.3) is 0 Å². The average Bonchev–Trinajstić information content (AvgIpc) is 3.01. The van der Waals surface area contributed by atoms with Crippen LogP contribution in [0.1, 0.15) is 44.5 Å². The molecular formula is C14H21N5O. The number of hydrogen-bond acceptors (Lipinski definition) is 5. The Morgan fingerprint density at radius 3 is 2.95 bits per heavy atom. The van der Waals surface area contributed by atoms with Gasteiger partial charge in [-0.05, 0) is 32.6 Å². The maximum atomic E-state index is 10.1. The first-order valence-corrected chi connectivity index (χ1v) is 7.34. The van der Waals surface area contributed by atoms with Crippen molar-refractivity contribution in [3.63, 3.8) is 0 Å². The highest BCUT2D eigenvalue weighted by Gasteiger charge is 2.29. The number of anilines is 1. The number of aryl methyl sites for hydroxylation is 1. The summed E-state index contributed by atoms with van der Waals surface area (Å²) in [7, 11) is 0. The molecule has 6 nitrogen and oxygen atoms in total. The van der Waals surface area contributed by atoms with E-state index in [9.17, 15) is 5.11 Å². The number of nitrogens with one attached hydrogen (secondary N) is 1. The third-order valence-electron chi connectivity index (χ3n) is 3.87. The molecule has 1 fully saturated rings. The summed E-state index contributed by atoms with van der Waals surface area (Å²) in [4.78, 5) is 8.98. The minimum atomic E-state index is -0.319. The summed E-state index contributed by atoms with van der Waals surface area (Å²) in [5.74, 6) is 1.57. The zero-order valence-electron chi connectivity index (χ0n) is 12.0. The van der Waals surface area contributed by atoms with E-state index in [0.717, 1.165) is 54.9 Å². The van der Waals surface area contributed by atoms with Gasteiger partial charge < -0.3 is 10.4 Å². The molecule has 0 radical (unpaired) electrons. The van der Waals surface area contributed by atoms with Crippen molar-refractivity contribution in [2.45, 2.75) is 51.7 Å². The van der Waals surface area contributed by atoms with Gasteiger partial charge >= 0.3 is 0 Å². The summed E-state index contributed by atoms with van der Waals surface area (Å²) in [5.41, 5.74) is 0.821. The van der Waals surface area contributed by atoms with E-state index in [1.165, 1.54) is 0 Å². The highest BCUT2D eigenvalue weighted by molar-refractivity contribution is 5.86. The molecule has 0 bridgehead atoms. The predicted octanol–water partition coefficient (Wildman–Crippen LogP) is 2.04. The zero-order valence-corrected chi connectivity index (χ0v) is 12.0. The lowest BCUT2D eigenvalue weighted by atomic mass is 10.2. The Balaban J connectivity index is 2.05. The summed E-state index contributed by atoms with van der Waals surface area (Å²) >= 11 is 0. The number of aromatic nitrogens is 4. The van der Waals surface area contributed by atoms with Gasteiger partial charge in [-0.25, -0.2) is 14.6 Å². The molecule has 1 saturated carbocycles. The number of aliphatic hydroxyl groups excluding tert-OH is 1. The second kappa shape index (κ2) is 5.36. The topological polar surface area (TPSA) is 75.9 Å². The molecule has 0 saturated heterocycles. The largest absolute Gasteiger partial charge is 0.391 e. The Bertz CT molecular complexity index is 609. The summed E-state index contributed by atoms with van der Waals surface area (Å²) in [6.07, 6.45) is 5.37. The van der Waals surface area contributed by atoms with Crippen LogP contribution in [0.2, 0.25) is 0 Å². The van der Waals surface area contributed by atoms with Crippen molar-refractivity contribution in [1.82, 2.24) is 19.7 Å². The van der Waals surface area contributed by atoms with Crippen molar-refractivity contribution >= 4 is 16.9 Å². The lowest BCUT2D eigenvalue weighted by Gasteiger charge is -2.16. The van der Waals surface area contributed by atoms with Crippen LogP contribution in [0.25, 0.3) is 11.0 Å². The Morgan fingerprint density at radius 1 is 1.40 bits per heavy atom. The Morgan fingerprint density at radius 2 is 2.25 bits per heavy atom. The molecule has 0 aromatic carbocycles. The van der Waals surface area contributed by atoms with E-state index in [-0.39, 0.29) is 12.1 Å². The van der Waals surface area contributed by atoms with Crippen LogP contribution in [0.15, 0.2) is 6.20 Å². The van der Waals surface area contributed by atoms with Crippen molar-refractivity contribution in [2.75, 3.05) is 11.9 Å². The smallest absolute Gasteiger partial charge is 0.163 e.